The summed E-state index contributed by atoms with van der Waals surface area (Å²) >= 11 is 0. The fourth-order valence-electron chi connectivity index (χ4n) is 3.69. The molecule has 1 aliphatic heterocycles. The Hall–Kier alpha value is -2.34. The van der Waals surface area contributed by atoms with Crippen molar-refractivity contribution < 1.29 is 4.79 Å². The van der Waals surface area contributed by atoms with Gasteiger partial charge in [0.1, 0.15) is 5.82 Å². The van der Waals surface area contributed by atoms with E-state index in [1.165, 1.54) is 18.4 Å². The highest BCUT2D eigenvalue weighted by molar-refractivity contribution is 5.73. The maximum Gasteiger partial charge on any atom is 0.315 e. The molecule has 1 atom stereocenters. The summed E-state index contributed by atoms with van der Waals surface area (Å²) in [7, 11) is 0. The molecule has 1 fully saturated rings. The van der Waals surface area contributed by atoms with Gasteiger partial charge >= 0.3 is 6.03 Å². The van der Waals surface area contributed by atoms with E-state index in [-0.39, 0.29) is 6.03 Å². The zero-order valence-corrected chi connectivity index (χ0v) is 17.3. The maximum atomic E-state index is 12.2. The number of piperidine rings is 1. The van der Waals surface area contributed by atoms with Crippen LogP contribution in [0.1, 0.15) is 43.6 Å². The molecule has 2 heterocycles. The number of aromatic nitrogens is 2. The molecular formula is C22H33N5O. The summed E-state index contributed by atoms with van der Waals surface area (Å²) in [5.74, 6) is 1.83. The van der Waals surface area contributed by atoms with Crippen molar-refractivity contribution in [3.05, 3.63) is 53.6 Å². The summed E-state index contributed by atoms with van der Waals surface area (Å²) in [6.45, 7) is 10.8. The van der Waals surface area contributed by atoms with Gasteiger partial charge in [-0.3, -0.25) is 4.90 Å². The van der Waals surface area contributed by atoms with E-state index < -0.39 is 0 Å². The molecule has 0 aliphatic carbocycles. The number of nitrogens with zero attached hydrogens (tertiary/aromatic N) is 3. The third-order valence-electron chi connectivity index (χ3n) is 5.72. The van der Waals surface area contributed by atoms with E-state index in [0.717, 1.165) is 36.9 Å². The lowest BCUT2D eigenvalue weighted by atomic mass is 9.98. The fourth-order valence-corrected chi connectivity index (χ4v) is 3.69. The van der Waals surface area contributed by atoms with Gasteiger partial charge in [-0.25, -0.2) is 9.78 Å². The molecule has 28 heavy (non-hydrogen) atoms. The van der Waals surface area contributed by atoms with Crippen molar-refractivity contribution >= 4 is 6.03 Å². The molecule has 3 rings (SSSR count). The Morgan fingerprint density at radius 1 is 1.25 bits per heavy atom. The number of rotatable bonds is 7. The van der Waals surface area contributed by atoms with Gasteiger partial charge in [-0.1, -0.05) is 31.2 Å². The first-order valence-electron chi connectivity index (χ1n) is 10.3. The lowest BCUT2D eigenvalue weighted by Crippen LogP contribution is -2.47. The summed E-state index contributed by atoms with van der Waals surface area (Å²) in [6, 6.07) is 8.59. The van der Waals surface area contributed by atoms with Gasteiger partial charge in [-0.2, -0.15) is 0 Å². The van der Waals surface area contributed by atoms with Crippen molar-refractivity contribution in [2.75, 3.05) is 19.6 Å². The second-order valence-corrected chi connectivity index (χ2v) is 8.05. The topological polar surface area (TPSA) is 62.2 Å². The largest absolute Gasteiger partial charge is 0.337 e. The van der Waals surface area contributed by atoms with Crippen LogP contribution in [-0.4, -0.2) is 46.2 Å². The number of hydrogen-bond acceptors (Lipinski definition) is 3. The minimum atomic E-state index is -0.104. The number of imidazole rings is 1. The summed E-state index contributed by atoms with van der Waals surface area (Å²) < 4.78 is 2.11. The van der Waals surface area contributed by atoms with Crippen molar-refractivity contribution in [3.63, 3.8) is 0 Å². The van der Waals surface area contributed by atoms with Gasteiger partial charge in [-0.15, -0.1) is 0 Å². The molecule has 2 aromatic rings. The van der Waals surface area contributed by atoms with Gasteiger partial charge in [-0.05, 0) is 56.8 Å². The van der Waals surface area contributed by atoms with E-state index in [0.29, 0.717) is 19.1 Å². The minimum absolute atomic E-state index is 0.104. The van der Waals surface area contributed by atoms with Crippen molar-refractivity contribution in [1.29, 1.82) is 0 Å². The van der Waals surface area contributed by atoms with Crippen LogP contribution >= 0.6 is 0 Å². The second kappa shape index (κ2) is 9.73. The van der Waals surface area contributed by atoms with Gasteiger partial charge in [0.15, 0.2) is 0 Å². The number of nitrogens with one attached hydrogen (secondary N) is 2. The standard InChI is InChI=1S/C22H33N5O/c1-17-7-10-26(11-8-17)18(2)14-24-22(28)25-15-20-5-4-6-21(13-20)16-27-12-9-23-19(27)3/h4-6,9,12-13,17-18H,7-8,10-11,14-16H2,1-3H3,(H2,24,25,28). The predicted molar refractivity (Wildman–Crippen MR) is 112 cm³/mol. The van der Waals surface area contributed by atoms with Gasteiger partial charge in [0.05, 0.1) is 0 Å². The molecule has 6 heteroatoms. The van der Waals surface area contributed by atoms with Crippen LogP contribution in [0.25, 0.3) is 0 Å². The van der Waals surface area contributed by atoms with Crippen LogP contribution in [0.3, 0.4) is 0 Å². The zero-order valence-electron chi connectivity index (χ0n) is 17.3. The number of carbonyl (C=O) groups excluding carboxylic acids is 1. The molecule has 0 bridgehead atoms. The number of hydrogen-bond donors (Lipinski definition) is 2. The summed E-state index contributed by atoms with van der Waals surface area (Å²) in [4.78, 5) is 18.9. The Kier molecular flexibility index (Phi) is 7.09. The summed E-state index contributed by atoms with van der Waals surface area (Å²) in [6.07, 6.45) is 6.31. The van der Waals surface area contributed by atoms with Crippen LogP contribution in [0.5, 0.6) is 0 Å². The Bertz CT molecular complexity index is 764. The normalized spacial score (nSPS) is 16.7. The number of aryl methyl sites for hydroxylation is 1. The van der Waals surface area contributed by atoms with Crippen molar-refractivity contribution in [2.45, 2.75) is 52.7 Å². The summed E-state index contributed by atoms with van der Waals surface area (Å²) in [5, 5.41) is 5.99. The molecule has 1 aromatic carbocycles. The van der Waals surface area contributed by atoms with Crippen LogP contribution in [0.15, 0.2) is 36.7 Å². The van der Waals surface area contributed by atoms with E-state index in [9.17, 15) is 4.79 Å². The number of carbonyl (C=O) groups is 1. The second-order valence-electron chi connectivity index (χ2n) is 8.05. The highest BCUT2D eigenvalue weighted by Crippen LogP contribution is 2.17. The molecule has 0 spiro atoms. The third-order valence-corrected chi connectivity index (χ3v) is 5.72. The summed E-state index contributed by atoms with van der Waals surface area (Å²) in [5.41, 5.74) is 2.30. The lowest BCUT2D eigenvalue weighted by Gasteiger charge is -2.34. The molecule has 1 saturated heterocycles. The van der Waals surface area contributed by atoms with Crippen molar-refractivity contribution in [3.8, 4) is 0 Å². The fraction of sp³-hybridized carbons (Fsp3) is 0.545. The molecule has 1 unspecified atom stereocenters. The molecular weight excluding hydrogens is 350 g/mol. The first kappa shape index (κ1) is 20.4. The van der Waals surface area contributed by atoms with Crippen LogP contribution in [0.2, 0.25) is 0 Å². The zero-order chi connectivity index (χ0) is 19.9. The average molecular weight is 384 g/mol. The first-order valence-corrected chi connectivity index (χ1v) is 10.3. The molecule has 2 N–H and O–H groups in total. The van der Waals surface area contributed by atoms with Gasteiger partial charge in [0.2, 0.25) is 0 Å². The Morgan fingerprint density at radius 2 is 2.00 bits per heavy atom. The minimum Gasteiger partial charge on any atom is -0.337 e. The van der Waals surface area contributed by atoms with E-state index >= 15 is 0 Å². The quantitative estimate of drug-likeness (QED) is 0.772. The van der Waals surface area contributed by atoms with E-state index in [1.807, 2.05) is 31.5 Å². The van der Waals surface area contributed by atoms with Crippen LogP contribution < -0.4 is 10.6 Å². The maximum absolute atomic E-state index is 12.2. The Balaban J connectivity index is 1.42. The number of amides is 2. The van der Waals surface area contributed by atoms with E-state index in [4.69, 9.17) is 0 Å². The van der Waals surface area contributed by atoms with Gasteiger partial charge < -0.3 is 15.2 Å². The number of urea groups is 1. The Labute approximate surface area is 168 Å². The number of benzene rings is 1. The third kappa shape index (κ3) is 5.83. The smallest absolute Gasteiger partial charge is 0.315 e. The van der Waals surface area contributed by atoms with Crippen LogP contribution in [0.4, 0.5) is 4.79 Å². The average Bonchev–Trinajstić information content (AvgIpc) is 3.10. The van der Waals surface area contributed by atoms with Crippen molar-refractivity contribution in [1.82, 2.24) is 25.1 Å². The van der Waals surface area contributed by atoms with Crippen molar-refractivity contribution in [2.24, 2.45) is 5.92 Å². The van der Waals surface area contributed by atoms with Crippen LogP contribution in [0, 0.1) is 12.8 Å². The highest BCUT2D eigenvalue weighted by Gasteiger charge is 2.20. The monoisotopic (exact) mass is 383 g/mol. The predicted octanol–water partition coefficient (Wildman–Crippen LogP) is 3.16. The molecule has 2 amide bonds. The Morgan fingerprint density at radius 3 is 2.71 bits per heavy atom. The number of likely N-dealkylation sites (tertiary alicyclic amines) is 1. The molecule has 0 saturated carbocycles. The van der Waals surface area contributed by atoms with E-state index in [2.05, 4.69) is 51.1 Å². The van der Waals surface area contributed by atoms with Crippen LogP contribution in [-0.2, 0) is 13.1 Å². The van der Waals surface area contributed by atoms with E-state index in [1.54, 1.807) is 0 Å². The van der Waals surface area contributed by atoms with Gasteiger partial charge in [0, 0.05) is 38.1 Å². The lowest BCUT2D eigenvalue weighted by molar-refractivity contribution is 0.145. The molecule has 0 radical (unpaired) electrons. The molecule has 152 valence electrons. The molecule has 1 aliphatic rings. The highest BCUT2D eigenvalue weighted by atomic mass is 16.2. The first-order chi connectivity index (χ1) is 13.5. The molecule has 6 nitrogen and oxygen atoms in total. The SMILES string of the molecule is Cc1nccn1Cc1cccc(CNC(=O)NCC(C)N2CCC(C)CC2)c1. The molecule has 1 aromatic heterocycles. The van der Waals surface area contributed by atoms with Gasteiger partial charge in [0.25, 0.3) is 0 Å².